The number of rotatable bonds is 10. The predicted octanol–water partition coefficient (Wildman–Crippen LogP) is 11.2. The van der Waals surface area contributed by atoms with Gasteiger partial charge in [0.2, 0.25) is 14.2 Å². The number of hydrogen-bond acceptors (Lipinski definition) is 3. The normalized spacial score (nSPS) is 18.6. The molecule has 1 saturated heterocycles. The molecular weight excluding hydrogens is 649 g/mol. The van der Waals surface area contributed by atoms with Gasteiger partial charge in [0.25, 0.3) is 0 Å². The Hall–Kier alpha value is -2.27. The zero-order valence-corrected chi connectivity index (χ0v) is 31.6. The molecule has 1 aliphatic rings. The van der Waals surface area contributed by atoms with Crippen LogP contribution < -0.4 is 9.33 Å². The zero-order chi connectivity index (χ0) is 32.7. The van der Waals surface area contributed by atoms with Gasteiger partial charge in [-0.05, 0) is 91.1 Å². The number of benzene rings is 3. The molecule has 1 fully saturated rings. The minimum Gasteiger partial charge on any atom is -0.543 e. The monoisotopic (exact) mass is 697 g/mol. The molecule has 0 aromatic heterocycles. The van der Waals surface area contributed by atoms with Gasteiger partial charge in [-0.2, -0.15) is 0 Å². The van der Waals surface area contributed by atoms with Crippen LogP contribution >= 0.6 is 15.9 Å². The van der Waals surface area contributed by atoms with E-state index in [1.165, 1.54) is 12.1 Å². The maximum absolute atomic E-state index is 14.0. The van der Waals surface area contributed by atoms with Gasteiger partial charge in [0.15, 0.2) is 8.32 Å². The molecule has 0 saturated carbocycles. The Morgan fingerprint density at radius 1 is 0.864 bits per heavy atom. The molecule has 3 aromatic carbocycles. The Morgan fingerprint density at radius 3 is 2.02 bits per heavy atom. The fourth-order valence-electron chi connectivity index (χ4n) is 5.17. The summed E-state index contributed by atoms with van der Waals surface area (Å²) in [6, 6.07) is 22.6. The average Bonchev–Trinajstić information content (AvgIpc) is 2.91. The second-order valence-electron chi connectivity index (χ2n) is 15.1. The van der Waals surface area contributed by atoms with Gasteiger partial charge in [-0.3, -0.25) is 4.79 Å². The van der Waals surface area contributed by atoms with E-state index in [1.807, 2.05) is 53.4 Å². The maximum atomic E-state index is 14.0. The van der Waals surface area contributed by atoms with Crippen LogP contribution in [0.25, 0.3) is 0 Å². The van der Waals surface area contributed by atoms with Crippen LogP contribution in [0.15, 0.2) is 77.3 Å². The highest BCUT2D eigenvalue weighted by molar-refractivity contribution is 9.10. The van der Waals surface area contributed by atoms with E-state index in [1.54, 1.807) is 0 Å². The molecule has 44 heavy (non-hydrogen) atoms. The molecule has 1 amide bonds. The van der Waals surface area contributed by atoms with E-state index in [2.05, 4.69) is 95.8 Å². The van der Waals surface area contributed by atoms with Crippen molar-refractivity contribution in [1.29, 1.82) is 0 Å². The second kappa shape index (κ2) is 12.9. The zero-order valence-electron chi connectivity index (χ0n) is 28.0. The lowest BCUT2D eigenvalue weighted by Crippen LogP contribution is -2.55. The van der Waals surface area contributed by atoms with E-state index in [0.717, 1.165) is 27.0 Å². The summed E-state index contributed by atoms with van der Waals surface area (Å²) in [6.07, 6.45) is 1.06. The third-order valence-electron chi connectivity index (χ3n) is 9.94. The van der Waals surface area contributed by atoms with Crippen molar-refractivity contribution in [3.63, 3.8) is 0 Å². The van der Waals surface area contributed by atoms with Crippen LogP contribution in [-0.4, -0.2) is 22.5 Å². The van der Waals surface area contributed by atoms with Crippen molar-refractivity contribution in [2.45, 2.75) is 103 Å². The van der Waals surface area contributed by atoms with E-state index in [4.69, 9.17) is 8.85 Å². The average molecular weight is 699 g/mol. The summed E-state index contributed by atoms with van der Waals surface area (Å²) in [5.74, 6) is 0.427. The van der Waals surface area contributed by atoms with Crippen LogP contribution in [0.3, 0.4) is 0 Å². The first kappa shape index (κ1) is 34.6. The lowest BCUT2D eigenvalue weighted by Gasteiger charge is -2.49. The lowest BCUT2D eigenvalue weighted by molar-refractivity contribution is -0.131. The van der Waals surface area contributed by atoms with Gasteiger partial charge in [-0.25, -0.2) is 4.39 Å². The smallest absolute Gasteiger partial charge is 0.250 e. The molecule has 3 aromatic rings. The fourth-order valence-corrected chi connectivity index (χ4v) is 7.86. The molecule has 0 N–H and O–H groups in total. The molecule has 0 radical (unpaired) electrons. The molecule has 4 nitrogen and oxygen atoms in total. The topological polar surface area (TPSA) is 38.8 Å². The van der Waals surface area contributed by atoms with Gasteiger partial charge in [0, 0.05) is 15.7 Å². The van der Waals surface area contributed by atoms with E-state index in [0.29, 0.717) is 12.8 Å². The quantitative estimate of drug-likeness (QED) is 0.156. The number of carbonyl (C=O) groups is 1. The highest BCUT2D eigenvalue weighted by atomic mass is 79.9. The molecule has 3 atom stereocenters. The Labute approximate surface area is 274 Å². The largest absolute Gasteiger partial charge is 0.543 e. The summed E-state index contributed by atoms with van der Waals surface area (Å²) in [7, 11) is -4.34. The Balaban J connectivity index is 1.72. The number of carbonyl (C=O) groups excluding carboxylic acids is 1. The number of β-lactam (4-membered cyclic amide) rings is 1. The molecule has 1 aliphatic heterocycles. The van der Waals surface area contributed by atoms with Crippen LogP contribution in [0, 0.1) is 11.7 Å². The summed E-state index contributed by atoms with van der Waals surface area (Å²) in [5.41, 5.74) is 2.85. The van der Waals surface area contributed by atoms with Crippen molar-refractivity contribution in [3.8, 4) is 5.75 Å². The van der Waals surface area contributed by atoms with Gasteiger partial charge < -0.3 is 13.8 Å². The van der Waals surface area contributed by atoms with E-state index >= 15 is 0 Å². The van der Waals surface area contributed by atoms with Gasteiger partial charge >= 0.3 is 0 Å². The van der Waals surface area contributed by atoms with Crippen molar-refractivity contribution in [3.05, 3.63) is 94.2 Å². The van der Waals surface area contributed by atoms with Crippen molar-refractivity contribution in [1.82, 2.24) is 0 Å². The molecule has 238 valence electrons. The maximum Gasteiger partial charge on any atom is 0.250 e. The number of hydrogen-bond donors (Lipinski definition) is 0. The fraction of sp³-hybridized carbons (Fsp3) is 0.472. The van der Waals surface area contributed by atoms with Crippen molar-refractivity contribution >= 4 is 44.2 Å². The molecule has 0 aliphatic carbocycles. The molecule has 3 unspecified atom stereocenters. The van der Waals surface area contributed by atoms with Gasteiger partial charge in [-0.15, -0.1) is 0 Å². The van der Waals surface area contributed by atoms with Crippen LogP contribution in [0.4, 0.5) is 10.1 Å². The first-order valence-electron chi connectivity index (χ1n) is 15.6. The van der Waals surface area contributed by atoms with Crippen LogP contribution in [0.2, 0.25) is 36.3 Å². The Kier molecular flexibility index (Phi) is 10.1. The number of amides is 1. The SMILES string of the molecule is CC(C)(C)[Si](C)(C)Oc1cc(Br)ccc1C1C(CCC(O[Si](C)(C)C(C)(C)C)c2ccc(F)cc2)C(=O)N1c1ccccc1. The third-order valence-corrected chi connectivity index (χ3v) is 19.3. The minimum atomic E-state index is -2.18. The summed E-state index contributed by atoms with van der Waals surface area (Å²) in [6.45, 7) is 22.4. The molecule has 0 spiro atoms. The van der Waals surface area contributed by atoms with E-state index in [9.17, 15) is 9.18 Å². The van der Waals surface area contributed by atoms with Crippen LogP contribution in [0.1, 0.15) is 77.7 Å². The van der Waals surface area contributed by atoms with E-state index < -0.39 is 16.6 Å². The molecule has 4 rings (SSSR count). The summed E-state index contributed by atoms with van der Waals surface area (Å²) in [4.78, 5) is 15.9. The predicted molar refractivity (Wildman–Crippen MR) is 189 cm³/mol. The lowest BCUT2D eigenvalue weighted by atomic mass is 9.78. The number of para-hydroxylation sites is 1. The summed E-state index contributed by atoms with van der Waals surface area (Å²) >= 11 is 3.67. The van der Waals surface area contributed by atoms with Gasteiger partial charge in [0.05, 0.1) is 18.1 Å². The Morgan fingerprint density at radius 2 is 1.45 bits per heavy atom. The van der Waals surface area contributed by atoms with Gasteiger partial charge in [0.1, 0.15) is 11.6 Å². The molecule has 0 bridgehead atoms. The van der Waals surface area contributed by atoms with Crippen molar-refractivity contribution in [2.75, 3.05) is 4.90 Å². The summed E-state index contributed by atoms with van der Waals surface area (Å²) in [5, 5.41) is 0.0294. The molecule has 8 heteroatoms. The second-order valence-corrected chi connectivity index (χ2v) is 25.5. The van der Waals surface area contributed by atoms with Crippen molar-refractivity contribution < 1.29 is 18.0 Å². The summed E-state index contributed by atoms with van der Waals surface area (Å²) < 4.78 is 28.7. The first-order valence-corrected chi connectivity index (χ1v) is 22.2. The van der Waals surface area contributed by atoms with Crippen molar-refractivity contribution in [2.24, 2.45) is 5.92 Å². The molecular formula is C36H49BrFNO3Si2. The number of anilines is 1. The third kappa shape index (κ3) is 7.40. The standard InChI is InChI=1S/C36H49BrFNO3Si2/c1-35(2,3)43(7,8)41-31(25-16-19-27(38)20-17-25)23-22-30-33(39(34(30)40)28-14-12-11-13-15-28)29-21-18-26(37)24-32(29)42-44(9,10)36(4,5)6/h11-21,24,30-31,33H,22-23H2,1-10H3. The van der Waals surface area contributed by atoms with Crippen LogP contribution in [-0.2, 0) is 9.22 Å². The minimum absolute atomic E-state index is 0.0115. The number of halogens is 2. The van der Waals surface area contributed by atoms with Crippen LogP contribution in [0.5, 0.6) is 5.75 Å². The molecule has 1 heterocycles. The Bertz CT molecular complexity index is 1450. The number of nitrogens with zero attached hydrogens (tertiary/aromatic N) is 1. The highest BCUT2D eigenvalue weighted by Crippen LogP contribution is 2.51. The highest BCUT2D eigenvalue weighted by Gasteiger charge is 2.51. The van der Waals surface area contributed by atoms with Gasteiger partial charge in [-0.1, -0.05) is 93.9 Å². The first-order chi connectivity index (χ1) is 20.3. The van der Waals surface area contributed by atoms with E-state index in [-0.39, 0.29) is 39.9 Å².